The molecule has 0 aliphatic rings. The Morgan fingerprint density at radius 3 is 2.72 bits per heavy atom. The maximum atomic E-state index is 12.2. The zero-order chi connectivity index (χ0) is 17.6. The number of rotatable bonds is 6. The summed E-state index contributed by atoms with van der Waals surface area (Å²) < 4.78 is 0. The van der Waals surface area contributed by atoms with Crippen molar-refractivity contribution in [1.29, 1.82) is 0 Å². The van der Waals surface area contributed by atoms with Crippen molar-refractivity contribution in [3.05, 3.63) is 64.8 Å². The molecule has 0 bridgehead atoms. The molecule has 5 nitrogen and oxygen atoms in total. The first kappa shape index (κ1) is 17.1. The third-order valence-electron chi connectivity index (χ3n) is 3.69. The summed E-state index contributed by atoms with van der Waals surface area (Å²) in [4.78, 5) is 20.9. The normalized spacial score (nSPS) is 10.5. The van der Waals surface area contributed by atoms with Crippen molar-refractivity contribution in [3.63, 3.8) is 0 Å². The van der Waals surface area contributed by atoms with Crippen molar-refractivity contribution in [2.24, 2.45) is 0 Å². The van der Waals surface area contributed by atoms with Crippen LogP contribution < -0.4 is 10.6 Å². The lowest BCUT2D eigenvalue weighted by Gasteiger charge is -2.05. The lowest BCUT2D eigenvalue weighted by molar-refractivity contribution is -0.115. The molecule has 6 heteroatoms. The molecule has 0 saturated heterocycles. The van der Waals surface area contributed by atoms with Crippen LogP contribution in [0.4, 0.5) is 16.6 Å². The van der Waals surface area contributed by atoms with E-state index in [1.165, 1.54) is 16.9 Å². The second-order valence-corrected chi connectivity index (χ2v) is 6.62. The van der Waals surface area contributed by atoms with Crippen LogP contribution in [0.25, 0.3) is 0 Å². The number of thiazole rings is 1. The van der Waals surface area contributed by atoms with Gasteiger partial charge in [-0.3, -0.25) is 4.79 Å². The Balaban J connectivity index is 1.57. The van der Waals surface area contributed by atoms with Gasteiger partial charge in [-0.2, -0.15) is 0 Å². The summed E-state index contributed by atoms with van der Waals surface area (Å²) in [6.45, 7) is 4.12. The molecule has 1 amide bonds. The van der Waals surface area contributed by atoms with E-state index in [9.17, 15) is 4.79 Å². The number of pyridine rings is 1. The fourth-order valence-electron chi connectivity index (χ4n) is 2.35. The molecule has 0 aliphatic heterocycles. The van der Waals surface area contributed by atoms with Crippen molar-refractivity contribution in [3.8, 4) is 0 Å². The van der Waals surface area contributed by atoms with Crippen molar-refractivity contribution < 1.29 is 4.79 Å². The summed E-state index contributed by atoms with van der Waals surface area (Å²) in [7, 11) is 0. The molecule has 25 heavy (non-hydrogen) atoms. The van der Waals surface area contributed by atoms with E-state index in [0.29, 0.717) is 0 Å². The molecule has 2 heterocycles. The van der Waals surface area contributed by atoms with Gasteiger partial charge in [0.1, 0.15) is 5.82 Å². The number of amides is 1. The number of anilines is 3. The molecule has 0 atom stereocenters. The third kappa shape index (κ3) is 4.87. The molecule has 0 aliphatic carbocycles. The van der Waals surface area contributed by atoms with Gasteiger partial charge < -0.3 is 10.6 Å². The van der Waals surface area contributed by atoms with E-state index in [-0.39, 0.29) is 12.3 Å². The molecule has 0 saturated carbocycles. The maximum absolute atomic E-state index is 12.2. The van der Waals surface area contributed by atoms with E-state index in [0.717, 1.165) is 34.3 Å². The minimum absolute atomic E-state index is 0.0743. The van der Waals surface area contributed by atoms with E-state index in [1.807, 2.05) is 48.7 Å². The van der Waals surface area contributed by atoms with E-state index < -0.39 is 0 Å². The van der Waals surface area contributed by atoms with Crippen molar-refractivity contribution >= 4 is 33.9 Å². The molecule has 2 N–H and O–H groups in total. The quantitative estimate of drug-likeness (QED) is 0.693. The van der Waals surface area contributed by atoms with Crippen molar-refractivity contribution in [2.45, 2.75) is 26.7 Å². The number of benzene rings is 1. The molecular formula is C19H20N4OS. The molecule has 0 unspecified atom stereocenters. The molecular weight excluding hydrogens is 332 g/mol. The molecule has 0 fully saturated rings. The number of aromatic nitrogens is 2. The van der Waals surface area contributed by atoms with Gasteiger partial charge in [-0.25, -0.2) is 9.97 Å². The number of carbonyl (C=O) groups is 1. The summed E-state index contributed by atoms with van der Waals surface area (Å²) in [5.74, 6) is 0.677. The van der Waals surface area contributed by atoms with Gasteiger partial charge in [0.05, 0.1) is 12.1 Å². The van der Waals surface area contributed by atoms with Crippen LogP contribution in [0.2, 0.25) is 0 Å². The van der Waals surface area contributed by atoms with Gasteiger partial charge in [-0.1, -0.05) is 19.1 Å². The standard InChI is InChI=1S/C19H20N4OS/c1-3-14-4-6-15(7-5-14)21-18(24)11-16-12-25-19(22-16)23-17-10-13(2)8-9-20-17/h4-10,12H,3,11H2,1-2H3,(H,21,24)(H,20,22,23). The SMILES string of the molecule is CCc1ccc(NC(=O)Cc2csc(Nc3cc(C)ccn3)n2)cc1. The Morgan fingerprint density at radius 2 is 2.00 bits per heavy atom. The van der Waals surface area contributed by atoms with Gasteiger partial charge in [0.25, 0.3) is 0 Å². The van der Waals surface area contributed by atoms with Gasteiger partial charge in [-0.05, 0) is 48.7 Å². The van der Waals surface area contributed by atoms with Crippen LogP contribution in [-0.2, 0) is 17.6 Å². The van der Waals surface area contributed by atoms with Crippen LogP contribution >= 0.6 is 11.3 Å². The van der Waals surface area contributed by atoms with E-state index >= 15 is 0 Å². The Kier molecular flexibility index (Phi) is 5.40. The summed E-state index contributed by atoms with van der Waals surface area (Å²) in [5, 5.41) is 8.68. The van der Waals surface area contributed by atoms with Gasteiger partial charge in [-0.15, -0.1) is 11.3 Å². The maximum Gasteiger partial charge on any atom is 0.230 e. The van der Waals surface area contributed by atoms with E-state index in [1.54, 1.807) is 6.20 Å². The second kappa shape index (κ2) is 7.90. The highest BCUT2D eigenvalue weighted by atomic mass is 32.1. The molecule has 2 aromatic heterocycles. The number of carbonyl (C=O) groups excluding carboxylic acids is 1. The summed E-state index contributed by atoms with van der Waals surface area (Å²) in [6.07, 6.45) is 2.98. The Bertz CT molecular complexity index is 858. The number of hydrogen-bond donors (Lipinski definition) is 2. The molecule has 128 valence electrons. The number of nitrogens with one attached hydrogen (secondary N) is 2. The molecule has 3 aromatic rings. The lowest BCUT2D eigenvalue weighted by atomic mass is 10.1. The average molecular weight is 352 g/mol. The minimum atomic E-state index is -0.0743. The first-order valence-corrected chi connectivity index (χ1v) is 9.03. The smallest absolute Gasteiger partial charge is 0.230 e. The number of nitrogens with zero attached hydrogens (tertiary/aromatic N) is 2. The zero-order valence-electron chi connectivity index (χ0n) is 14.2. The zero-order valence-corrected chi connectivity index (χ0v) is 15.1. The number of aryl methyl sites for hydroxylation is 2. The molecule has 0 spiro atoms. The predicted octanol–water partition coefficient (Wildman–Crippen LogP) is 4.33. The summed E-state index contributed by atoms with van der Waals surface area (Å²) in [5.41, 5.74) is 3.92. The largest absolute Gasteiger partial charge is 0.326 e. The van der Waals surface area contributed by atoms with E-state index in [2.05, 4.69) is 27.5 Å². The van der Waals surface area contributed by atoms with Crippen LogP contribution in [0, 0.1) is 6.92 Å². The monoisotopic (exact) mass is 352 g/mol. The summed E-state index contributed by atoms with van der Waals surface area (Å²) >= 11 is 1.46. The van der Waals surface area contributed by atoms with Gasteiger partial charge in [0.2, 0.25) is 5.91 Å². The Morgan fingerprint density at radius 1 is 1.20 bits per heavy atom. The topological polar surface area (TPSA) is 66.9 Å². The van der Waals surface area contributed by atoms with Gasteiger partial charge in [0.15, 0.2) is 5.13 Å². The third-order valence-corrected chi connectivity index (χ3v) is 4.50. The van der Waals surface area contributed by atoms with Gasteiger partial charge >= 0.3 is 0 Å². The van der Waals surface area contributed by atoms with E-state index in [4.69, 9.17) is 0 Å². The molecule has 3 rings (SSSR count). The number of hydrogen-bond acceptors (Lipinski definition) is 5. The van der Waals surface area contributed by atoms with Crippen LogP contribution in [0.3, 0.4) is 0 Å². The highest BCUT2D eigenvalue weighted by Crippen LogP contribution is 2.20. The lowest BCUT2D eigenvalue weighted by Crippen LogP contribution is -2.14. The fraction of sp³-hybridized carbons (Fsp3) is 0.211. The van der Waals surface area contributed by atoms with Crippen molar-refractivity contribution in [2.75, 3.05) is 10.6 Å². The summed E-state index contributed by atoms with van der Waals surface area (Å²) in [6, 6.07) is 11.8. The fourth-order valence-corrected chi connectivity index (χ4v) is 3.07. The minimum Gasteiger partial charge on any atom is -0.326 e. The van der Waals surface area contributed by atoms with Crippen molar-refractivity contribution in [1.82, 2.24) is 9.97 Å². The molecule has 0 radical (unpaired) electrons. The average Bonchev–Trinajstić information content (AvgIpc) is 3.02. The highest BCUT2D eigenvalue weighted by Gasteiger charge is 2.09. The second-order valence-electron chi connectivity index (χ2n) is 5.76. The van der Waals surface area contributed by atoms with Crippen LogP contribution in [-0.4, -0.2) is 15.9 Å². The van der Waals surface area contributed by atoms with Crippen LogP contribution in [0.1, 0.15) is 23.7 Å². The van der Waals surface area contributed by atoms with Crippen LogP contribution in [0.5, 0.6) is 0 Å². The van der Waals surface area contributed by atoms with Gasteiger partial charge in [0, 0.05) is 17.3 Å². The Hall–Kier alpha value is -2.73. The highest BCUT2D eigenvalue weighted by molar-refractivity contribution is 7.13. The first-order valence-electron chi connectivity index (χ1n) is 8.15. The van der Waals surface area contributed by atoms with Crippen LogP contribution in [0.15, 0.2) is 48.0 Å². The predicted molar refractivity (Wildman–Crippen MR) is 103 cm³/mol. The molecule has 1 aromatic carbocycles. The first-order chi connectivity index (χ1) is 12.1. The Labute approximate surface area is 151 Å².